The second kappa shape index (κ2) is 5.11. The zero-order valence-corrected chi connectivity index (χ0v) is 10.2. The Morgan fingerprint density at radius 1 is 1.73 bits per heavy atom. The molecule has 1 atom stereocenters. The van der Waals surface area contributed by atoms with Gasteiger partial charge >= 0.3 is 0 Å². The maximum absolute atomic E-state index is 11.8. The van der Waals surface area contributed by atoms with E-state index >= 15 is 0 Å². The Bertz CT molecular complexity index is 337. The van der Waals surface area contributed by atoms with Crippen molar-refractivity contribution in [3.8, 4) is 0 Å². The zero-order chi connectivity index (χ0) is 11.4. The maximum atomic E-state index is 11.8. The summed E-state index contributed by atoms with van der Waals surface area (Å²) in [6.07, 6.45) is 1.07. The number of rotatable bonds is 4. The standard InChI is InChI=1S/C10H17N3OS/c1-4-7(2)5-13(3)9(14)8-6-15-10(11)12-8/h6-7H,4-5H2,1-3H3,(H2,11,12). The fourth-order valence-electron chi connectivity index (χ4n) is 1.26. The first-order valence-corrected chi connectivity index (χ1v) is 5.89. The van der Waals surface area contributed by atoms with Gasteiger partial charge in [-0.25, -0.2) is 4.98 Å². The van der Waals surface area contributed by atoms with Crippen LogP contribution in [-0.4, -0.2) is 29.4 Å². The molecule has 1 heterocycles. The summed E-state index contributed by atoms with van der Waals surface area (Å²) in [5.41, 5.74) is 5.93. The lowest BCUT2D eigenvalue weighted by Gasteiger charge is -2.19. The van der Waals surface area contributed by atoms with Gasteiger partial charge in [-0.1, -0.05) is 20.3 Å². The van der Waals surface area contributed by atoms with Gasteiger partial charge in [0, 0.05) is 19.0 Å². The molecular formula is C10H17N3OS. The SMILES string of the molecule is CCC(C)CN(C)C(=O)c1csc(N)n1. The van der Waals surface area contributed by atoms with E-state index in [9.17, 15) is 4.79 Å². The van der Waals surface area contributed by atoms with Gasteiger partial charge in [0.05, 0.1) is 0 Å². The predicted molar refractivity (Wildman–Crippen MR) is 62.9 cm³/mol. The van der Waals surface area contributed by atoms with Gasteiger partial charge in [0.2, 0.25) is 0 Å². The van der Waals surface area contributed by atoms with Crippen LogP contribution in [0.1, 0.15) is 30.8 Å². The maximum Gasteiger partial charge on any atom is 0.273 e. The second-order valence-electron chi connectivity index (χ2n) is 3.77. The largest absolute Gasteiger partial charge is 0.375 e. The molecule has 4 nitrogen and oxygen atoms in total. The second-order valence-corrected chi connectivity index (χ2v) is 4.66. The van der Waals surface area contributed by atoms with Crippen LogP contribution in [0.25, 0.3) is 0 Å². The topological polar surface area (TPSA) is 59.2 Å². The molecule has 0 saturated carbocycles. The molecule has 5 heteroatoms. The van der Waals surface area contributed by atoms with E-state index in [1.165, 1.54) is 11.3 Å². The molecule has 0 aliphatic carbocycles. The predicted octanol–water partition coefficient (Wildman–Crippen LogP) is 1.84. The molecule has 1 aromatic rings. The van der Waals surface area contributed by atoms with Crippen LogP contribution in [0.3, 0.4) is 0 Å². The first-order valence-electron chi connectivity index (χ1n) is 5.01. The molecule has 0 aliphatic heterocycles. The van der Waals surface area contributed by atoms with Crippen molar-refractivity contribution in [2.45, 2.75) is 20.3 Å². The van der Waals surface area contributed by atoms with Crippen LogP contribution in [0.2, 0.25) is 0 Å². The van der Waals surface area contributed by atoms with Crippen LogP contribution in [0.4, 0.5) is 5.13 Å². The molecule has 84 valence electrons. The summed E-state index contributed by atoms with van der Waals surface area (Å²) in [4.78, 5) is 17.5. The highest BCUT2D eigenvalue weighted by molar-refractivity contribution is 7.13. The Kier molecular flexibility index (Phi) is 4.08. The van der Waals surface area contributed by atoms with Crippen molar-refractivity contribution >= 4 is 22.4 Å². The number of hydrogen-bond acceptors (Lipinski definition) is 4. The molecule has 1 unspecified atom stereocenters. The van der Waals surface area contributed by atoms with Crippen molar-refractivity contribution in [2.24, 2.45) is 5.92 Å². The van der Waals surface area contributed by atoms with Gasteiger partial charge < -0.3 is 10.6 Å². The van der Waals surface area contributed by atoms with Crippen LogP contribution in [0.5, 0.6) is 0 Å². The number of carbonyl (C=O) groups is 1. The highest BCUT2D eigenvalue weighted by Crippen LogP contribution is 2.13. The molecule has 0 aromatic carbocycles. The van der Waals surface area contributed by atoms with Gasteiger partial charge in [-0.15, -0.1) is 11.3 Å². The van der Waals surface area contributed by atoms with E-state index in [2.05, 4.69) is 18.8 Å². The minimum Gasteiger partial charge on any atom is -0.375 e. The third-order valence-electron chi connectivity index (χ3n) is 2.37. The fourth-order valence-corrected chi connectivity index (χ4v) is 1.80. The molecule has 1 aromatic heterocycles. The van der Waals surface area contributed by atoms with E-state index in [0.29, 0.717) is 16.7 Å². The molecule has 0 fully saturated rings. The first-order chi connectivity index (χ1) is 7.04. The van der Waals surface area contributed by atoms with Crippen LogP contribution in [0, 0.1) is 5.92 Å². The summed E-state index contributed by atoms with van der Waals surface area (Å²) < 4.78 is 0. The van der Waals surface area contributed by atoms with Crippen molar-refractivity contribution in [1.29, 1.82) is 0 Å². The summed E-state index contributed by atoms with van der Waals surface area (Å²) in [6, 6.07) is 0. The van der Waals surface area contributed by atoms with Crippen molar-refractivity contribution in [3.05, 3.63) is 11.1 Å². The molecule has 1 rings (SSSR count). The third-order valence-corrected chi connectivity index (χ3v) is 3.04. The number of thiazole rings is 1. The van der Waals surface area contributed by atoms with Crippen LogP contribution < -0.4 is 5.73 Å². The van der Waals surface area contributed by atoms with Crippen LogP contribution >= 0.6 is 11.3 Å². The highest BCUT2D eigenvalue weighted by atomic mass is 32.1. The Balaban J connectivity index is 2.60. The lowest BCUT2D eigenvalue weighted by Crippen LogP contribution is -2.31. The lowest BCUT2D eigenvalue weighted by molar-refractivity contribution is 0.0770. The number of amides is 1. The molecule has 15 heavy (non-hydrogen) atoms. The van der Waals surface area contributed by atoms with Crippen LogP contribution in [-0.2, 0) is 0 Å². The first kappa shape index (κ1) is 12.0. The quantitative estimate of drug-likeness (QED) is 0.854. The van der Waals surface area contributed by atoms with E-state index in [1.807, 2.05) is 0 Å². The van der Waals surface area contributed by atoms with E-state index in [0.717, 1.165) is 13.0 Å². The van der Waals surface area contributed by atoms with Crippen molar-refractivity contribution in [2.75, 3.05) is 19.3 Å². The summed E-state index contributed by atoms with van der Waals surface area (Å²) in [5.74, 6) is 0.457. The van der Waals surface area contributed by atoms with Gasteiger partial charge in [0.25, 0.3) is 5.91 Å². The Morgan fingerprint density at radius 3 is 2.87 bits per heavy atom. The molecule has 0 bridgehead atoms. The smallest absolute Gasteiger partial charge is 0.273 e. The highest BCUT2D eigenvalue weighted by Gasteiger charge is 2.16. The summed E-state index contributed by atoms with van der Waals surface area (Å²) in [7, 11) is 1.80. The van der Waals surface area contributed by atoms with E-state index < -0.39 is 0 Å². The van der Waals surface area contributed by atoms with Crippen LogP contribution in [0.15, 0.2) is 5.38 Å². The van der Waals surface area contributed by atoms with Gasteiger partial charge in [0.15, 0.2) is 5.13 Å². The molecule has 0 spiro atoms. The van der Waals surface area contributed by atoms with E-state index in [4.69, 9.17) is 5.73 Å². The normalized spacial score (nSPS) is 12.5. The summed E-state index contributed by atoms with van der Waals surface area (Å²) in [5, 5.41) is 2.14. The van der Waals surface area contributed by atoms with Gasteiger partial charge in [0.1, 0.15) is 5.69 Å². The van der Waals surface area contributed by atoms with Gasteiger partial charge in [-0.3, -0.25) is 4.79 Å². The van der Waals surface area contributed by atoms with E-state index in [1.54, 1.807) is 17.3 Å². The number of nitrogens with two attached hydrogens (primary N) is 1. The number of nitrogens with zero attached hydrogens (tertiary/aromatic N) is 2. The Hall–Kier alpha value is -1.10. The van der Waals surface area contributed by atoms with Gasteiger partial charge in [-0.05, 0) is 5.92 Å². The fraction of sp³-hybridized carbons (Fsp3) is 0.600. The average molecular weight is 227 g/mol. The van der Waals surface area contributed by atoms with Crippen molar-refractivity contribution in [1.82, 2.24) is 9.88 Å². The minimum atomic E-state index is -0.0525. The molecule has 0 aliphatic rings. The minimum absolute atomic E-state index is 0.0525. The number of hydrogen-bond donors (Lipinski definition) is 1. The summed E-state index contributed by atoms with van der Waals surface area (Å²) in [6.45, 7) is 5.00. The molecule has 0 saturated heterocycles. The molecule has 0 radical (unpaired) electrons. The van der Waals surface area contributed by atoms with Crippen molar-refractivity contribution in [3.63, 3.8) is 0 Å². The number of anilines is 1. The van der Waals surface area contributed by atoms with Crippen molar-refractivity contribution < 1.29 is 4.79 Å². The third kappa shape index (κ3) is 3.20. The Morgan fingerprint density at radius 2 is 2.40 bits per heavy atom. The molecule has 1 amide bonds. The number of aromatic nitrogens is 1. The number of nitrogen functional groups attached to an aromatic ring is 1. The lowest BCUT2D eigenvalue weighted by atomic mass is 10.1. The monoisotopic (exact) mass is 227 g/mol. The Labute approximate surface area is 94.1 Å². The molecular weight excluding hydrogens is 210 g/mol. The molecule has 2 N–H and O–H groups in total. The number of carbonyl (C=O) groups excluding carboxylic acids is 1. The van der Waals surface area contributed by atoms with E-state index in [-0.39, 0.29) is 5.91 Å². The average Bonchev–Trinajstić information content (AvgIpc) is 2.63. The zero-order valence-electron chi connectivity index (χ0n) is 9.36. The summed E-state index contributed by atoms with van der Waals surface area (Å²) >= 11 is 1.29. The van der Waals surface area contributed by atoms with Gasteiger partial charge in [-0.2, -0.15) is 0 Å².